The first-order chi connectivity index (χ1) is 3.71. The van der Waals surface area contributed by atoms with E-state index < -0.39 is 0 Å². The van der Waals surface area contributed by atoms with Crippen LogP contribution in [-0.2, 0) is 0 Å². The quantitative estimate of drug-likeness (QED) is 0.538. The molecule has 0 spiro atoms. The van der Waals surface area contributed by atoms with Gasteiger partial charge in [0, 0.05) is 0 Å². The molecule has 0 radical (unpaired) electrons. The van der Waals surface area contributed by atoms with Crippen molar-refractivity contribution in [2.75, 3.05) is 0 Å². The van der Waals surface area contributed by atoms with Gasteiger partial charge in [-0.1, -0.05) is 0 Å². The van der Waals surface area contributed by atoms with Gasteiger partial charge in [-0.3, -0.25) is 0 Å². The zero-order chi connectivity index (χ0) is 6.04. The van der Waals surface area contributed by atoms with Crippen LogP contribution in [0.2, 0.25) is 0 Å². The normalized spacial score (nSPS) is 27.8. The molecular formula is C6H12OSe. The number of hydrogen-bond donors (Lipinski definition) is 1. The first-order valence-electron chi connectivity index (χ1n) is 3.15. The zero-order valence-corrected chi connectivity index (χ0v) is 6.81. The molecule has 0 aromatic carbocycles. The van der Waals surface area contributed by atoms with Crippen molar-refractivity contribution in [3.63, 3.8) is 0 Å². The van der Waals surface area contributed by atoms with Gasteiger partial charge in [-0.05, 0) is 0 Å². The molecule has 1 N–H and O–H groups in total. The van der Waals surface area contributed by atoms with Gasteiger partial charge in [-0.15, -0.1) is 0 Å². The molecule has 48 valence electrons. The number of aliphatic hydroxyl groups is 1. The third-order valence-electron chi connectivity index (χ3n) is 1.65. The maximum absolute atomic E-state index is 9.35. The Labute approximate surface area is 58.3 Å². The Hall–Kier alpha value is 0.479. The fourth-order valence-electron chi connectivity index (χ4n) is 1.12. The predicted octanol–water partition coefficient (Wildman–Crippen LogP) is 0.540. The van der Waals surface area contributed by atoms with Gasteiger partial charge < -0.3 is 0 Å². The van der Waals surface area contributed by atoms with Crippen molar-refractivity contribution in [2.24, 2.45) is 0 Å². The Morgan fingerprint density at radius 2 is 1.62 bits per heavy atom. The van der Waals surface area contributed by atoms with Gasteiger partial charge in [-0.25, -0.2) is 0 Å². The summed E-state index contributed by atoms with van der Waals surface area (Å²) < 4.78 is -0.384. The van der Waals surface area contributed by atoms with Crippen molar-refractivity contribution < 1.29 is 5.11 Å². The molecule has 0 bridgehead atoms. The molecule has 1 aliphatic carbocycles. The molecule has 0 atom stereocenters. The summed E-state index contributed by atoms with van der Waals surface area (Å²) in [6, 6.07) is 0. The van der Waals surface area contributed by atoms with Crippen molar-refractivity contribution in [2.45, 2.75) is 36.6 Å². The van der Waals surface area contributed by atoms with E-state index >= 15 is 0 Å². The van der Waals surface area contributed by atoms with Crippen LogP contribution >= 0.6 is 0 Å². The second-order valence-electron chi connectivity index (χ2n) is 2.54. The molecule has 1 aliphatic rings. The van der Waals surface area contributed by atoms with Crippen LogP contribution in [0.5, 0.6) is 0 Å². The molecule has 1 saturated carbocycles. The molecule has 0 amide bonds. The van der Waals surface area contributed by atoms with Crippen LogP contribution in [-0.4, -0.2) is 25.6 Å². The van der Waals surface area contributed by atoms with Crippen molar-refractivity contribution in [1.29, 1.82) is 0 Å². The third-order valence-corrected chi connectivity index (χ3v) is 2.59. The minimum absolute atomic E-state index is 0.384. The number of rotatable bonds is 0. The van der Waals surface area contributed by atoms with E-state index in [4.69, 9.17) is 0 Å². The van der Waals surface area contributed by atoms with Gasteiger partial charge in [0.05, 0.1) is 0 Å². The topological polar surface area (TPSA) is 20.2 Å². The van der Waals surface area contributed by atoms with Gasteiger partial charge in [0.2, 0.25) is 0 Å². The Balaban J connectivity index is 2.33. The van der Waals surface area contributed by atoms with Crippen LogP contribution in [0.15, 0.2) is 0 Å². The molecule has 1 nitrogen and oxygen atoms in total. The monoisotopic (exact) mass is 180 g/mol. The standard InChI is InChI=1S/C6H12OSe/c7-6(8)4-2-1-3-5-6/h7-8H,1-5H2. The van der Waals surface area contributed by atoms with Crippen molar-refractivity contribution >= 4 is 16.0 Å². The van der Waals surface area contributed by atoms with E-state index in [0.717, 1.165) is 12.8 Å². The molecule has 0 unspecified atom stereocenters. The Kier molecular flexibility index (Phi) is 1.97. The fraction of sp³-hybridized carbons (Fsp3) is 1.00. The molecule has 0 heterocycles. The third kappa shape index (κ3) is 1.77. The van der Waals surface area contributed by atoms with E-state index in [-0.39, 0.29) is 4.50 Å². The molecule has 0 aromatic rings. The fourth-order valence-corrected chi connectivity index (χ4v) is 1.78. The van der Waals surface area contributed by atoms with Crippen molar-refractivity contribution in [3.05, 3.63) is 0 Å². The maximum atomic E-state index is 9.35. The zero-order valence-electron chi connectivity index (χ0n) is 4.93. The Bertz CT molecular complexity index is 72.6. The predicted molar refractivity (Wildman–Crippen MR) is 35.2 cm³/mol. The average molecular weight is 179 g/mol. The summed E-state index contributed by atoms with van der Waals surface area (Å²) in [7, 11) is 0. The Morgan fingerprint density at radius 3 is 1.88 bits per heavy atom. The van der Waals surface area contributed by atoms with Gasteiger partial charge in [0.1, 0.15) is 0 Å². The van der Waals surface area contributed by atoms with Gasteiger partial charge in [-0.2, -0.15) is 0 Å². The van der Waals surface area contributed by atoms with Gasteiger partial charge >= 0.3 is 57.7 Å². The van der Waals surface area contributed by atoms with Gasteiger partial charge in [0.15, 0.2) is 0 Å². The van der Waals surface area contributed by atoms with Crippen LogP contribution in [0, 0.1) is 0 Å². The summed E-state index contributed by atoms with van der Waals surface area (Å²) in [5.41, 5.74) is 0. The molecule has 0 saturated heterocycles. The van der Waals surface area contributed by atoms with Gasteiger partial charge in [0.25, 0.3) is 0 Å². The van der Waals surface area contributed by atoms with Crippen LogP contribution in [0.25, 0.3) is 0 Å². The van der Waals surface area contributed by atoms with Crippen LogP contribution in [0.3, 0.4) is 0 Å². The molecule has 1 fully saturated rings. The SMILES string of the molecule is OC1([SeH])CCCCC1. The van der Waals surface area contributed by atoms with E-state index in [2.05, 4.69) is 16.0 Å². The van der Waals surface area contributed by atoms with Crippen LogP contribution in [0.4, 0.5) is 0 Å². The summed E-state index contributed by atoms with van der Waals surface area (Å²) in [4.78, 5) is 0. The van der Waals surface area contributed by atoms with E-state index in [1.54, 1.807) is 0 Å². The molecule has 0 aromatic heterocycles. The summed E-state index contributed by atoms with van der Waals surface area (Å²) in [6.07, 6.45) is 5.66. The van der Waals surface area contributed by atoms with Crippen LogP contribution < -0.4 is 0 Å². The molecule has 1 rings (SSSR count). The van der Waals surface area contributed by atoms with E-state index in [1.165, 1.54) is 19.3 Å². The average Bonchev–Trinajstić information content (AvgIpc) is 1.65. The summed E-state index contributed by atoms with van der Waals surface area (Å²) in [5, 5.41) is 9.35. The second-order valence-corrected chi connectivity index (χ2v) is 4.29. The van der Waals surface area contributed by atoms with Crippen LogP contribution in [0.1, 0.15) is 32.1 Å². The van der Waals surface area contributed by atoms with Crippen molar-refractivity contribution in [3.8, 4) is 0 Å². The molecule has 0 aliphatic heterocycles. The first kappa shape index (κ1) is 6.60. The van der Waals surface area contributed by atoms with E-state index in [1.807, 2.05) is 0 Å². The van der Waals surface area contributed by atoms with E-state index in [0.29, 0.717) is 0 Å². The number of hydrogen-bond acceptors (Lipinski definition) is 1. The first-order valence-corrected chi connectivity index (χ1v) is 4.09. The summed E-state index contributed by atoms with van der Waals surface area (Å²) in [5.74, 6) is 0. The molecule has 2 heteroatoms. The summed E-state index contributed by atoms with van der Waals surface area (Å²) >= 11 is 2.37. The minimum atomic E-state index is -0.384. The molecule has 8 heavy (non-hydrogen) atoms. The Morgan fingerprint density at radius 1 is 1.12 bits per heavy atom. The van der Waals surface area contributed by atoms with E-state index in [9.17, 15) is 5.11 Å². The molecular weight excluding hydrogens is 167 g/mol. The van der Waals surface area contributed by atoms with Crippen molar-refractivity contribution in [1.82, 2.24) is 0 Å². The second kappa shape index (κ2) is 2.38. The summed E-state index contributed by atoms with van der Waals surface area (Å²) in [6.45, 7) is 0.